The largest absolute Gasteiger partial charge is 0.416 e. The van der Waals surface area contributed by atoms with Gasteiger partial charge in [0.15, 0.2) is 0 Å². The number of nitrogens with zero attached hydrogens (tertiary/aromatic N) is 2. The Morgan fingerprint density at radius 1 is 0.952 bits per heavy atom. The normalized spacial score (nSPS) is 12.5. The fourth-order valence-electron chi connectivity index (χ4n) is 4.25. The number of likely N-dealkylation sites (N-methyl/N-ethyl adjacent to an activating group) is 1. The number of rotatable bonds is 11. The summed E-state index contributed by atoms with van der Waals surface area (Å²) in [4.78, 5) is 27.9. The van der Waals surface area contributed by atoms with E-state index in [1.807, 2.05) is 0 Å². The molecular formula is C29H30Cl2F3N3O4S. The van der Waals surface area contributed by atoms with Crippen molar-refractivity contribution in [3.8, 4) is 0 Å². The Bertz CT molecular complexity index is 1530. The maximum Gasteiger partial charge on any atom is 0.416 e. The lowest BCUT2D eigenvalue weighted by atomic mass is 10.1. The molecule has 0 radical (unpaired) electrons. The first kappa shape index (κ1) is 33.2. The van der Waals surface area contributed by atoms with Crippen LogP contribution < -0.4 is 9.62 Å². The van der Waals surface area contributed by atoms with Crippen molar-refractivity contribution >= 4 is 50.7 Å². The van der Waals surface area contributed by atoms with E-state index in [9.17, 15) is 31.2 Å². The molecule has 0 bridgehead atoms. The molecule has 0 fully saturated rings. The molecule has 226 valence electrons. The van der Waals surface area contributed by atoms with Crippen molar-refractivity contribution in [3.63, 3.8) is 0 Å². The zero-order valence-electron chi connectivity index (χ0n) is 23.1. The lowest BCUT2D eigenvalue weighted by Gasteiger charge is -2.33. The maximum absolute atomic E-state index is 14.0. The van der Waals surface area contributed by atoms with E-state index >= 15 is 0 Å². The second-order valence-electron chi connectivity index (χ2n) is 9.46. The van der Waals surface area contributed by atoms with Gasteiger partial charge in [0.05, 0.1) is 26.2 Å². The molecular weight excluding hydrogens is 614 g/mol. The molecule has 0 aliphatic carbocycles. The van der Waals surface area contributed by atoms with Crippen LogP contribution in [0.15, 0.2) is 71.6 Å². The number of amides is 2. The molecule has 0 spiro atoms. The van der Waals surface area contributed by atoms with Gasteiger partial charge in [-0.1, -0.05) is 60.0 Å². The van der Waals surface area contributed by atoms with Crippen molar-refractivity contribution < 1.29 is 31.2 Å². The van der Waals surface area contributed by atoms with Crippen LogP contribution in [-0.4, -0.2) is 44.3 Å². The van der Waals surface area contributed by atoms with Crippen LogP contribution in [-0.2, 0) is 32.3 Å². The van der Waals surface area contributed by atoms with Crippen LogP contribution in [0.5, 0.6) is 0 Å². The first-order chi connectivity index (χ1) is 19.7. The van der Waals surface area contributed by atoms with Gasteiger partial charge in [-0.25, -0.2) is 8.42 Å². The average molecular weight is 645 g/mol. The molecule has 3 aromatic rings. The number of nitrogens with one attached hydrogen (secondary N) is 1. The van der Waals surface area contributed by atoms with Gasteiger partial charge in [-0.2, -0.15) is 13.2 Å². The molecule has 0 unspecified atom stereocenters. The average Bonchev–Trinajstić information content (AvgIpc) is 2.93. The van der Waals surface area contributed by atoms with Crippen molar-refractivity contribution in [3.05, 3.63) is 93.5 Å². The summed E-state index contributed by atoms with van der Waals surface area (Å²) >= 11 is 12.2. The van der Waals surface area contributed by atoms with Crippen LogP contribution in [0, 0.1) is 6.92 Å². The molecule has 0 aromatic heterocycles. The number of carbonyl (C=O) groups is 2. The van der Waals surface area contributed by atoms with E-state index in [2.05, 4.69) is 5.32 Å². The van der Waals surface area contributed by atoms with Crippen LogP contribution in [0.3, 0.4) is 0 Å². The van der Waals surface area contributed by atoms with Gasteiger partial charge in [0.25, 0.3) is 10.0 Å². The predicted octanol–water partition coefficient (Wildman–Crippen LogP) is 6.46. The van der Waals surface area contributed by atoms with Gasteiger partial charge < -0.3 is 10.2 Å². The summed E-state index contributed by atoms with van der Waals surface area (Å²) in [6.07, 6.45) is -4.59. The highest BCUT2D eigenvalue weighted by atomic mass is 35.5. The van der Waals surface area contributed by atoms with Gasteiger partial charge >= 0.3 is 6.18 Å². The third-order valence-electron chi connectivity index (χ3n) is 6.42. The molecule has 13 heteroatoms. The smallest absolute Gasteiger partial charge is 0.355 e. The Hall–Kier alpha value is -3.28. The fraction of sp³-hybridized carbons (Fsp3) is 0.310. The molecule has 0 saturated carbocycles. The van der Waals surface area contributed by atoms with E-state index in [4.69, 9.17) is 23.2 Å². The Balaban J connectivity index is 2.13. The molecule has 2 amide bonds. The molecule has 0 saturated heterocycles. The van der Waals surface area contributed by atoms with Crippen LogP contribution >= 0.6 is 23.2 Å². The third kappa shape index (κ3) is 7.96. The lowest BCUT2D eigenvalue weighted by Crippen LogP contribution is -2.52. The molecule has 0 aliphatic rings. The van der Waals surface area contributed by atoms with Crippen molar-refractivity contribution in [2.75, 3.05) is 17.4 Å². The first-order valence-corrected chi connectivity index (χ1v) is 15.2. The minimum absolute atomic E-state index is 0.146. The predicted molar refractivity (Wildman–Crippen MR) is 157 cm³/mol. The van der Waals surface area contributed by atoms with Gasteiger partial charge in [-0.3, -0.25) is 13.9 Å². The van der Waals surface area contributed by atoms with Crippen molar-refractivity contribution in [2.24, 2.45) is 0 Å². The van der Waals surface area contributed by atoms with Crippen LogP contribution in [0.25, 0.3) is 0 Å². The molecule has 3 aromatic carbocycles. The Kier molecular flexibility index (Phi) is 10.9. The van der Waals surface area contributed by atoms with Gasteiger partial charge in [-0.15, -0.1) is 0 Å². The molecule has 42 heavy (non-hydrogen) atoms. The first-order valence-electron chi connectivity index (χ1n) is 13.0. The fourth-order valence-corrected chi connectivity index (χ4v) is 5.98. The van der Waals surface area contributed by atoms with Crippen LogP contribution in [0.4, 0.5) is 18.9 Å². The summed E-state index contributed by atoms with van der Waals surface area (Å²) < 4.78 is 69.1. The number of benzene rings is 3. The highest BCUT2D eigenvalue weighted by Crippen LogP contribution is 2.33. The lowest BCUT2D eigenvalue weighted by molar-refractivity contribution is -0.140. The highest BCUT2D eigenvalue weighted by molar-refractivity contribution is 7.92. The third-order valence-corrected chi connectivity index (χ3v) is 8.95. The number of aryl methyl sites for hydroxylation is 1. The van der Waals surface area contributed by atoms with E-state index in [-0.39, 0.29) is 40.1 Å². The second kappa shape index (κ2) is 13.8. The molecule has 0 aliphatic heterocycles. The number of carbonyl (C=O) groups excluding carboxylic acids is 2. The number of hydrogen-bond acceptors (Lipinski definition) is 4. The van der Waals surface area contributed by atoms with Crippen molar-refractivity contribution in [1.82, 2.24) is 10.2 Å². The van der Waals surface area contributed by atoms with Crippen molar-refractivity contribution in [1.29, 1.82) is 0 Å². The summed E-state index contributed by atoms with van der Waals surface area (Å²) in [5, 5.41) is 3.15. The van der Waals surface area contributed by atoms with Gasteiger partial charge in [-0.05, 0) is 68.3 Å². The Morgan fingerprint density at radius 3 is 2.19 bits per heavy atom. The van der Waals surface area contributed by atoms with E-state index in [1.54, 1.807) is 26.8 Å². The van der Waals surface area contributed by atoms with E-state index in [0.29, 0.717) is 15.9 Å². The molecule has 1 atom stereocenters. The zero-order valence-corrected chi connectivity index (χ0v) is 25.4. The zero-order chi connectivity index (χ0) is 31.2. The maximum atomic E-state index is 14.0. The standard InChI is InChI=1S/C29H30Cl2F3N3O4S/c1-4-26(28(39)35-5-2)36(17-20-11-14-24(30)25(31)15-20)27(38)18-37(22-8-6-7-21(16-22)29(32,33)34)42(40,41)23-12-9-19(3)10-13-23/h6-16,26H,4-5,17-18H2,1-3H3,(H,35,39)/t26-/m0/s1. The van der Waals surface area contributed by atoms with Gasteiger partial charge in [0.2, 0.25) is 11.8 Å². The molecule has 0 heterocycles. The quantitative estimate of drug-likeness (QED) is 0.260. The number of hydrogen-bond donors (Lipinski definition) is 1. The van der Waals surface area contributed by atoms with Crippen LogP contribution in [0.2, 0.25) is 10.0 Å². The summed E-state index contributed by atoms with van der Waals surface area (Å²) in [6, 6.07) is 13.0. The highest BCUT2D eigenvalue weighted by Gasteiger charge is 2.36. The van der Waals surface area contributed by atoms with Crippen LogP contribution in [0.1, 0.15) is 37.0 Å². The summed E-state index contributed by atoms with van der Waals surface area (Å²) in [5.74, 6) is -1.28. The number of halogens is 5. The second-order valence-corrected chi connectivity index (χ2v) is 12.1. The van der Waals surface area contributed by atoms with Gasteiger partial charge in [0, 0.05) is 13.1 Å². The summed E-state index contributed by atoms with van der Waals surface area (Å²) in [7, 11) is -4.53. The molecule has 3 rings (SSSR count). The Morgan fingerprint density at radius 2 is 1.62 bits per heavy atom. The Labute approximate surface area is 253 Å². The molecule has 7 nitrogen and oxygen atoms in total. The van der Waals surface area contributed by atoms with E-state index in [1.165, 1.54) is 47.4 Å². The topological polar surface area (TPSA) is 86.8 Å². The minimum Gasteiger partial charge on any atom is -0.355 e. The monoisotopic (exact) mass is 643 g/mol. The summed E-state index contributed by atoms with van der Waals surface area (Å²) in [6.45, 7) is 4.39. The van der Waals surface area contributed by atoms with E-state index < -0.39 is 46.2 Å². The number of anilines is 1. The van der Waals surface area contributed by atoms with Crippen molar-refractivity contribution in [2.45, 2.75) is 50.9 Å². The summed E-state index contributed by atoms with van der Waals surface area (Å²) in [5.41, 5.74) is -0.180. The number of sulfonamides is 1. The number of alkyl halides is 3. The molecule has 1 N–H and O–H groups in total. The minimum atomic E-state index is -4.76. The van der Waals surface area contributed by atoms with Gasteiger partial charge in [0.1, 0.15) is 12.6 Å². The van der Waals surface area contributed by atoms with E-state index in [0.717, 1.165) is 17.7 Å². The SMILES string of the molecule is CCNC(=O)[C@H](CC)N(Cc1ccc(Cl)c(Cl)c1)C(=O)CN(c1cccc(C(F)(F)F)c1)S(=O)(=O)c1ccc(C)cc1.